The number of ether oxygens (including phenoxy) is 1. The molecule has 0 spiro atoms. The molecule has 10 nitrogen and oxygen atoms in total. The van der Waals surface area contributed by atoms with Crippen LogP contribution >= 0.6 is 11.6 Å². The summed E-state index contributed by atoms with van der Waals surface area (Å²) in [6.45, 7) is 15.2. The summed E-state index contributed by atoms with van der Waals surface area (Å²) in [5, 5.41) is 9.03. The average Bonchev–Trinajstić information content (AvgIpc) is 3.56. The van der Waals surface area contributed by atoms with Gasteiger partial charge in [-0.1, -0.05) is 70.5 Å². The van der Waals surface area contributed by atoms with Gasteiger partial charge in [-0.15, -0.1) is 0 Å². The quantitative estimate of drug-likeness (QED) is 0.177. The van der Waals surface area contributed by atoms with Crippen LogP contribution in [0.4, 0.5) is 14.9 Å². The van der Waals surface area contributed by atoms with Gasteiger partial charge in [-0.2, -0.15) is 0 Å². The predicted octanol–water partition coefficient (Wildman–Crippen LogP) is 8.94. The number of nitrogens with one attached hydrogen (secondary N) is 3. The molecule has 1 aliphatic carbocycles. The highest BCUT2D eigenvalue weighted by Crippen LogP contribution is 2.44. The fourth-order valence-electron chi connectivity index (χ4n) is 7.52. The van der Waals surface area contributed by atoms with E-state index in [0.717, 1.165) is 50.1 Å². The molecule has 2 aliphatic heterocycles. The van der Waals surface area contributed by atoms with Crippen LogP contribution in [0.3, 0.4) is 0 Å². The molecule has 2 aromatic carbocycles. The van der Waals surface area contributed by atoms with Gasteiger partial charge in [0, 0.05) is 60.3 Å². The first-order chi connectivity index (χ1) is 26.1. The monoisotopic (exact) mass is 772 g/mol. The molecule has 6 rings (SSSR count). The molecule has 0 radical (unpaired) electrons. The first-order valence-corrected chi connectivity index (χ1v) is 19.5. The maximum atomic E-state index is 15.4. The first kappa shape index (κ1) is 41.3. The SMILES string of the molecule is C=C1N(C)C=C(C(=O)Nc2ccc(F)c(-c3cccc(-c4cc5c(c(OC)n4)C(C)CC5)c3Cl)c2C)C(=O)N1C.CCC(C)CCC1(CC)CCNC(=O)N1. The second kappa shape index (κ2) is 17.3. The van der Waals surface area contributed by atoms with Crippen LogP contribution < -0.4 is 20.7 Å². The lowest BCUT2D eigenvalue weighted by Gasteiger charge is -2.38. The van der Waals surface area contributed by atoms with Crippen LogP contribution in [0, 0.1) is 18.7 Å². The number of nitrogens with zero attached hydrogens (tertiary/aromatic N) is 3. The van der Waals surface area contributed by atoms with Gasteiger partial charge in [-0.05, 0) is 86.6 Å². The summed E-state index contributed by atoms with van der Waals surface area (Å²) in [6.07, 6.45) is 9.04. The summed E-state index contributed by atoms with van der Waals surface area (Å²) in [6, 6.07) is 10.2. The van der Waals surface area contributed by atoms with Gasteiger partial charge in [-0.3, -0.25) is 14.5 Å². The Labute approximate surface area is 329 Å². The zero-order chi connectivity index (χ0) is 40.2. The van der Waals surface area contributed by atoms with Gasteiger partial charge in [-0.25, -0.2) is 14.2 Å². The van der Waals surface area contributed by atoms with Crippen molar-refractivity contribution in [1.29, 1.82) is 0 Å². The molecule has 1 fully saturated rings. The normalized spacial score (nSPS) is 19.8. The molecule has 0 saturated carbocycles. The first-order valence-electron chi connectivity index (χ1n) is 19.1. The third kappa shape index (κ3) is 8.67. The van der Waals surface area contributed by atoms with E-state index in [1.165, 1.54) is 41.6 Å². The fraction of sp³-hybridized carbons (Fsp3) is 0.442. The molecule has 4 amide bonds. The second-order valence-corrected chi connectivity index (χ2v) is 15.4. The van der Waals surface area contributed by atoms with Gasteiger partial charge in [0.15, 0.2) is 0 Å². The number of anilines is 1. The predicted molar refractivity (Wildman–Crippen MR) is 217 cm³/mol. The summed E-state index contributed by atoms with van der Waals surface area (Å²) in [4.78, 5) is 44.8. The number of benzene rings is 2. The van der Waals surface area contributed by atoms with Crippen LogP contribution in [0.25, 0.3) is 22.4 Å². The number of amides is 4. The lowest BCUT2D eigenvalue weighted by atomic mass is 9.83. The van der Waals surface area contributed by atoms with E-state index in [0.29, 0.717) is 50.7 Å². The maximum Gasteiger partial charge on any atom is 0.315 e. The van der Waals surface area contributed by atoms with Crippen LogP contribution in [0.15, 0.2) is 60.6 Å². The number of urea groups is 1. The number of halogens is 2. The van der Waals surface area contributed by atoms with Gasteiger partial charge in [0.2, 0.25) is 5.88 Å². The number of aryl methyl sites for hydroxylation is 1. The van der Waals surface area contributed by atoms with Crippen molar-refractivity contribution in [3.05, 3.63) is 88.1 Å². The number of carbonyl (C=O) groups excluding carboxylic acids is 3. The topological polar surface area (TPSA) is 116 Å². The van der Waals surface area contributed by atoms with Crippen molar-refractivity contribution in [1.82, 2.24) is 25.4 Å². The third-order valence-corrected chi connectivity index (χ3v) is 11.9. The largest absolute Gasteiger partial charge is 0.481 e. The lowest BCUT2D eigenvalue weighted by Crippen LogP contribution is -2.58. The molecular formula is C43H54ClFN6O4. The Morgan fingerprint density at radius 3 is 2.60 bits per heavy atom. The smallest absolute Gasteiger partial charge is 0.315 e. The Bertz CT molecular complexity index is 2020. The third-order valence-electron chi connectivity index (χ3n) is 11.5. The number of likely N-dealkylation sites (N-methyl/N-ethyl adjacent to an activating group) is 1. The number of methoxy groups -OCH3 is 1. The molecule has 3 unspecified atom stereocenters. The Kier molecular flexibility index (Phi) is 13.0. The molecule has 3 aromatic rings. The van der Waals surface area contributed by atoms with Crippen molar-refractivity contribution in [3.8, 4) is 28.3 Å². The summed E-state index contributed by atoms with van der Waals surface area (Å²) in [5.74, 6) is 0.566. The number of pyridine rings is 1. The Morgan fingerprint density at radius 2 is 1.93 bits per heavy atom. The van der Waals surface area contributed by atoms with E-state index in [-0.39, 0.29) is 22.7 Å². The van der Waals surface area contributed by atoms with Crippen molar-refractivity contribution in [2.75, 3.05) is 33.1 Å². The van der Waals surface area contributed by atoms with E-state index in [2.05, 4.69) is 50.2 Å². The van der Waals surface area contributed by atoms with E-state index in [1.54, 1.807) is 45.2 Å². The zero-order valence-electron chi connectivity index (χ0n) is 33.3. The van der Waals surface area contributed by atoms with Gasteiger partial charge < -0.3 is 25.6 Å². The summed E-state index contributed by atoms with van der Waals surface area (Å²) in [7, 11) is 4.85. The minimum Gasteiger partial charge on any atom is -0.481 e. The molecule has 3 N–H and O–H groups in total. The minimum atomic E-state index is -0.611. The second-order valence-electron chi connectivity index (χ2n) is 15.0. The molecule has 1 aromatic heterocycles. The van der Waals surface area contributed by atoms with E-state index in [4.69, 9.17) is 21.3 Å². The summed E-state index contributed by atoms with van der Waals surface area (Å²) >= 11 is 6.93. The van der Waals surface area contributed by atoms with Gasteiger partial charge in [0.25, 0.3) is 11.8 Å². The van der Waals surface area contributed by atoms with E-state index >= 15 is 4.39 Å². The highest BCUT2D eigenvalue weighted by atomic mass is 35.5. The van der Waals surface area contributed by atoms with E-state index in [9.17, 15) is 14.4 Å². The van der Waals surface area contributed by atoms with Crippen LogP contribution in [0.1, 0.15) is 88.8 Å². The molecule has 3 aliphatic rings. The molecule has 0 bridgehead atoms. The van der Waals surface area contributed by atoms with E-state index in [1.807, 2.05) is 12.1 Å². The number of rotatable bonds is 10. The van der Waals surface area contributed by atoms with Gasteiger partial charge in [0.05, 0.1) is 17.8 Å². The highest BCUT2D eigenvalue weighted by Gasteiger charge is 2.33. The number of carbonyl (C=O) groups is 3. The van der Waals surface area contributed by atoms with Crippen molar-refractivity contribution in [2.24, 2.45) is 5.92 Å². The van der Waals surface area contributed by atoms with Crippen LogP contribution in [0.2, 0.25) is 5.02 Å². The molecule has 294 valence electrons. The Hall–Kier alpha value is -4.90. The summed E-state index contributed by atoms with van der Waals surface area (Å²) < 4.78 is 21.0. The van der Waals surface area contributed by atoms with Crippen molar-refractivity contribution in [3.63, 3.8) is 0 Å². The van der Waals surface area contributed by atoms with Gasteiger partial charge >= 0.3 is 6.03 Å². The van der Waals surface area contributed by atoms with Crippen LogP contribution in [-0.4, -0.2) is 65.9 Å². The Morgan fingerprint density at radius 1 is 1.20 bits per heavy atom. The molecule has 3 atom stereocenters. The number of hydrogen-bond donors (Lipinski definition) is 3. The lowest BCUT2D eigenvalue weighted by molar-refractivity contribution is -0.128. The maximum absolute atomic E-state index is 15.4. The van der Waals surface area contributed by atoms with Crippen LogP contribution in [-0.2, 0) is 16.0 Å². The number of hydrogen-bond acceptors (Lipinski definition) is 6. The fourth-order valence-corrected chi connectivity index (χ4v) is 7.83. The Balaban J connectivity index is 0.000000325. The van der Waals surface area contributed by atoms with Crippen molar-refractivity contribution < 1.29 is 23.5 Å². The molecule has 3 heterocycles. The van der Waals surface area contributed by atoms with Crippen LogP contribution in [0.5, 0.6) is 5.88 Å². The minimum absolute atomic E-state index is 0.00671. The molecule has 1 saturated heterocycles. The van der Waals surface area contributed by atoms with Crippen molar-refractivity contribution in [2.45, 2.75) is 91.0 Å². The van der Waals surface area contributed by atoms with Crippen molar-refractivity contribution >= 4 is 35.1 Å². The molecule has 12 heteroatoms. The summed E-state index contributed by atoms with van der Waals surface area (Å²) in [5.41, 5.74) is 5.13. The van der Waals surface area contributed by atoms with E-state index < -0.39 is 17.6 Å². The standard InChI is InChI=1S/C31H30ClFN4O3.C12H24N2O/c1-16-10-11-19-14-25(35-30(40-6)26(16)19)20-8-7-9-21(28(20)32)27-17(2)24(13-12-23(27)33)34-29(38)22-15-36(4)18(3)37(5)31(22)39;1-4-10(3)6-7-12(5-2)8-9-13-11(15)14-12/h7-9,12-16H,3,10-11H2,1-2,4-6H3,(H,34,38);10H,4-9H2,1-3H3,(H2,13,14,15). The highest BCUT2D eigenvalue weighted by molar-refractivity contribution is 6.36. The average molecular weight is 773 g/mol. The number of aromatic nitrogens is 1. The number of fused-ring (bicyclic) bond motifs is 1. The zero-order valence-corrected chi connectivity index (χ0v) is 34.0. The molecular weight excluding hydrogens is 719 g/mol. The van der Waals surface area contributed by atoms with Gasteiger partial charge in [0.1, 0.15) is 17.2 Å². The molecule has 55 heavy (non-hydrogen) atoms.